The van der Waals surface area contributed by atoms with Gasteiger partial charge in [-0.25, -0.2) is 8.42 Å². The van der Waals surface area contributed by atoms with Crippen molar-refractivity contribution in [2.75, 3.05) is 32.9 Å². The fraction of sp³-hybridized carbons (Fsp3) is 0.700. The average Bonchev–Trinajstić information content (AvgIpc) is 2.09. The molecule has 0 aliphatic rings. The van der Waals surface area contributed by atoms with Crippen molar-refractivity contribution in [3.05, 3.63) is 12.2 Å². The number of rotatable bonds is 8. The van der Waals surface area contributed by atoms with E-state index in [1.165, 1.54) is 6.08 Å². The maximum atomic E-state index is 10.4. The molecule has 0 unspecified atom stereocenters. The number of hydrogen-bond acceptors (Lipinski definition) is 4. The lowest BCUT2D eigenvalue weighted by atomic mass is 10.3. The van der Waals surface area contributed by atoms with Crippen LogP contribution in [0.4, 0.5) is 0 Å². The zero-order chi connectivity index (χ0) is 13.5. The number of quaternary nitrogens is 1. The van der Waals surface area contributed by atoms with Gasteiger partial charge in [-0.15, -0.1) is 0 Å². The van der Waals surface area contributed by atoms with E-state index in [9.17, 15) is 17.8 Å². The van der Waals surface area contributed by atoms with Crippen LogP contribution in [-0.2, 0) is 14.9 Å². The minimum Gasteiger partial charge on any atom is -0.748 e. The first-order valence-corrected chi connectivity index (χ1v) is 6.92. The molecule has 0 saturated carbocycles. The summed E-state index contributed by atoms with van der Waals surface area (Å²) in [4.78, 5) is 10.4. The molecular weight excluding hydrogens is 244 g/mol. The van der Waals surface area contributed by atoms with Crippen molar-refractivity contribution in [2.24, 2.45) is 5.73 Å². The molecule has 100 valence electrons. The molecule has 0 aromatic rings. The van der Waals surface area contributed by atoms with Crippen molar-refractivity contribution in [3.63, 3.8) is 0 Å². The van der Waals surface area contributed by atoms with Crippen LogP contribution in [0.5, 0.6) is 0 Å². The highest BCUT2D eigenvalue weighted by molar-refractivity contribution is 7.85. The first-order valence-electron chi connectivity index (χ1n) is 5.34. The fourth-order valence-electron chi connectivity index (χ4n) is 1.40. The number of primary amides is 1. The Balaban J connectivity index is 3.91. The van der Waals surface area contributed by atoms with Crippen LogP contribution in [0, 0.1) is 0 Å². The summed E-state index contributed by atoms with van der Waals surface area (Å²) in [6.45, 7) is 1.36. The molecule has 0 saturated heterocycles. The van der Waals surface area contributed by atoms with Gasteiger partial charge in [0.05, 0.1) is 37.3 Å². The highest BCUT2D eigenvalue weighted by Crippen LogP contribution is 2.03. The fourth-order valence-corrected chi connectivity index (χ4v) is 1.89. The molecule has 0 aliphatic heterocycles. The number of nitrogens with zero attached hydrogens (tertiary/aromatic N) is 1. The van der Waals surface area contributed by atoms with E-state index < -0.39 is 16.0 Å². The number of hydrogen-bond donors (Lipinski definition) is 1. The Morgan fingerprint density at radius 3 is 2.41 bits per heavy atom. The second-order valence-corrected chi connectivity index (χ2v) is 6.12. The van der Waals surface area contributed by atoms with Crippen LogP contribution in [0.1, 0.15) is 12.8 Å². The van der Waals surface area contributed by atoms with E-state index in [2.05, 4.69) is 0 Å². The van der Waals surface area contributed by atoms with E-state index in [1.54, 1.807) is 6.08 Å². The first kappa shape index (κ1) is 16.1. The van der Waals surface area contributed by atoms with E-state index in [4.69, 9.17) is 5.73 Å². The van der Waals surface area contributed by atoms with Gasteiger partial charge in [0.25, 0.3) is 0 Å². The largest absolute Gasteiger partial charge is 0.748 e. The topological polar surface area (TPSA) is 100 Å². The molecule has 0 atom stereocenters. The lowest BCUT2D eigenvalue weighted by Gasteiger charge is -2.29. The van der Waals surface area contributed by atoms with E-state index in [-0.39, 0.29) is 5.75 Å². The van der Waals surface area contributed by atoms with E-state index in [1.807, 2.05) is 14.1 Å². The first-order chi connectivity index (χ1) is 7.62. The van der Waals surface area contributed by atoms with Gasteiger partial charge in [0.1, 0.15) is 0 Å². The molecule has 0 rings (SSSR count). The predicted octanol–water partition coefficient (Wildman–Crippen LogP) is -0.570. The van der Waals surface area contributed by atoms with Crippen LogP contribution in [0.15, 0.2) is 12.2 Å². The van der Waals surface area contributed by atoms with Crippen LogP contribution in [-0.4, -0.2) is 56.3 Å². The summed E-state index contributed by atoms with van der Waals surface area (Å²) in [6, 6.07) is 0. The van der Waals surface area contributed by atoms with E-state index in [0.29, 0.717) is 23.9 Å². The summed E-state index contributed by atoms with van der Waals surface area (Å²) >= 11 is 0. The molecule has 0 fully saturated rings. The third-order valence-electron chi connectivity index (χ3n) is 2.34. The molecule has 0 bridgehead atoms. The minimum atomic E-state index is -4.12. The number of amides is 1. The molecule has 1 amide bonds. The summed E-state index contributed by atoms with van der Waals surface area (Å²) in [6.07, 6.45) is 4.02. The van der Waals surface area contributed by atoms with Crippen molar-refractivity contribution in [1.29, 1.82) is 0 Å². The van der Waals surface area contributed by atoms with Crippen molar-refractivity contribution in [2.45, 2.75) is 12.8 Å². The maximum Gasteiger partial charge on any atom is 0.241 e. The van der Waals surface area contributed by atoms with E-state index >= 15 is 0 Å². The van der Waals surface area contributed by atoms with Crippen LogP contribution >= 0.6 is 0 Å². The lowest BCUT2D eigenvalue weighted by Crippen LogP contribution is -2.41. The Morgan fingerprint density at radius 2 is 1.94 bits per heavy atom. The summed E-state index contributed by atoms with van der Waals surface area (Å²) in [7, 11) is -0.238. The smallest absolute Gasteiger partial charge is 0.241 e. The molecule has 2 N–H and O–H groups in total. The second-order valence-electron chi connectivity index (χ2n) is 4.59. The highest BCUT2D eigenvalue weighted by atomic mass is 32.2. The Hall–Kier alpha value is -0.920. The number of carbonyl (C=O) groups is 1. The molecular formula is C10H20N2O4S. The highest BCUT2D eigenvalue weighted by Gasteiger charge is 2.13. The minimum absolute atomic E-state index is 0.328. The molecule has 7 heteroatoms. The molecule has 17 heavy (non-hydrogen) atoms. The predicted molar refractivity (Wildman–Crippen MR) is 64.0 cm³/mol. The standard InChI is InChI=1S/C10H20N2O4S/c1-12(2,7-4-3-6-10(11)13)8-5-9-17(14,15)16/h3,6H,4-5,7-9H2,1-2H3,(H2-,11,13,14,15,16). The summed E-state index contributed by atoms with van der Waals surface area (Å²) in [5, 5.41) is 0. The van der Waals surface area contributed by atoms with Gasteiger partial charge in [0.2, 0.25) is 5.91 Å². The quantitative estimate of drug-likeness (QED) is 0.360. The van der Waals surface area contributed by atoms with Crippen molar-refractivity contribution < 1.29 is 22.2 Å². The average molecular weight is 264 g/mol. The van der Waals surface area contributed by atoms with Crippen LogP contribution < -0.4 is 5.73 Å². The van der Waals surface area contributed by atoms with Gasteiger partial charge in [0.15, 0.2) is 0 Å². The van der Waals surface area contributed by atoms with Crippen LogP contribution in [0.3, 0.4) is 0 Å². The third kappa shape index (κ3) is 11.3. The third-order valence-corrected chi connectivity index (χ3v) is 3.13. The van der Waals surface area contributed by atoms with Crippen LogP contribution in [0.2, 0.25) is 0 Å². The second kappa shape index (κ2) is 6.73. The van der Waals surface area contributed by atoms with Gasteiger partial charge in [-0.1, -0.05) is 6.08 Å². The van der Waals surface area contributed by atoms with Gasteiger partial charge < -0.3 is 14.8 Å². The van der Waals surface area contributed by atoms with Crippen LogP contribution in [0.25, 0.3) is 0 Å². The molecule has 0 aliphatic carbocycles. The summed E-state index contributed by atoms with van der Waals surface area (Å²) in [5.74, 6) is -0.807. The number of nitrogens with two attached hydrogens (primary N) is 1. The normalized spacial score (nSPS) is 13.1. The van der Waals surface area contributed by atoms with E-state index in [0.717, 1.165) is 6.54 Å². The monoisotopic (exact) mass is 264 g/mol. The molecule has 0 aromatic carbocycles. The molecule has 0 heterocycles. The summed E-state index contributed by atoms with van der Waals surface area (Å²) in [5.41, 5.74) is 4.94. The van der Waals surface area contributed by atoms with Gasteiger partial charge in [-0.3, -0.25) is 4.79 Å². The Bertz CT molecular complexity index is 374. The maximum absolute atomic E-state index is 10.4. The van der Waals surface area contributed by atoms with Gasteiger partial charge >= 0.3 is 0 Å². The molecule has 6 nitrogen and oxygen atoms in total. The Kier molecular flexibility index (Phi) is 6.36. The summed E-state index contributed by atoms with van der Waals surface area (Å²) < 4.78 is 31.9. The van der Waals surface area contributed by atoms with Crippen molar-refractivity contribution in [3.8, 4) is 0 Å². The van der Waals surface area contributed by atoms with Crippen molar-refractivity contribution in [1.82, 2.24) is 0 Å². The lowest BCUT2D eigenvalue weighted by molar-refractivity contribution is -0.889. The van der Waals surface area contributed by atoms with Crippen molar-refractivity contribution >= 4 is 16.0 Å². The Labute approximate surface area is 102 Å². The number of carbonyl (C=O) groups excluding carboxylic acids is 1. The van der Waals surface area contributed by atoms with Gasteiger partial charge in [0, 0.05) is 18.6 Å². The zero-order valence-electron chi connectivity index (χ0n) is 10.3. The molecule has 0 aromatic heterocycles. The van der Waals surface area contributed by atoms with Gasteiger partial charge in [-0.2, -0.15) is 0 Å². The zero-order valence-corrected chi connectivity index (χ0v) is 11.1. The molecule has 0 radical (unpaired) electrons. The van der Waals surface area contributed by atoms with Gasteiger partial charge in [-0.05, 0) is 6.08 Å². The Morgan fingerprint density at radius 1 is 1.35 bits per heavy atom. The molecule has 0 spiro atoms. The SMILES string of the molecule is C[N+](C)(CCC=CC(N)=O)CCCS(=O)(=O)[O-].